The van der Waals surface area contributed by atoms with Gasteiger partial charge in [-0.25, -0.2) is 0 Å². The summed E-state index contributed by atoms with van der Waals surface area (Å²) in [5.41, 5.74) is 0. The minimum atomic E-state index is -0.119. The largest absolute Gasteiger partial charge is 0.430 e. The number of thiazole rings is 1. The molecular weight excluding hydrogens is 361 g/mol. The molecule has 3 nitrogen and oxygen atoms in total. The molecule has 0 aliphatic carbocycles. The van der Waals surface area contributed by atoms with Gasteiger partial charge in [0.1, 0.15) is 10.9 Å². The Morgan fingerprint density at radius 2 is 2.19 bits per heavy atom. The van der Waals surface area contributed by atoms with Crippen molar-refractivity contribution in [3.05, 3.63) is 37.9 Å². The number of aromatic nitrogens is 1. The Kier molecular flexibility index (Phi) is 4.01. The Morgan fingerprint density at radius 3 is 2.81 bits per heavy atom. The molecule has 1 heterocycles. The molecule has 2 rings (SSSR count). The van der Waals surface area contributed by atoms with Gasteiger partial charge in [0, 0.05) is 0 Å². The molecule has 0 aliphatic heterocycles. The van der Waals surface area contributed by atoms with Crippen LogP contribution in [0.25, 0.3) is 0 Å². The summed E-state index contributed by atoms with van der Waals surface area (Å²) in [6.07, 6.45) is 0. The molecule has 0 aliphatic rings. The van der Waals surface area contributed by atoms with Crippen molar-refractivity contribution in [3.8, 4) is 10.9 Å². The van der Waals surface area contributed by atoms with E-state index in [1.54, 1.807) is 0 Å². The molecule has 84 valence electrons. The zero-order chi connectivity index (χ0) is 11.5. The van der Waals surface area contributed by atoms with Crippen molar-refractivity contribution in [2.45, 2.75) is 6.61 Å². The predicted octanol–water partition coefficient (Wildman–Crippen LogP) is 3.69. The number of aliphatic hydroxyl groups excluding tert-OH is 1. The molecule has 0 spiro atoms. The van der Waals surface area contributed by atoms with Gasteiger partial charge < -0.3 is 9.84 Å². The van der Waals surface area contributed by atoms with Crippen molar-refractivity contribution in [1.29, 1.82) is 0 Å². The Balaban J connectivity index is 2.24. The Labute approximate surface area is 115 Å². The lowest BCUT2D eigenvalue weighted by atomic mass is 10.3. The number of hydrogen-bond donors (Lipinski definition) is 1. The van der Waals surface area contributed by atoms with Gasteiger partial charge in [0.2, 0.25) is 0 Å². The molecule has 0 fully saturated rings. The second-order valence-corrected chi connectivity index (χ2v) is 5.45. The summed E-state index contributed by atoms with van der Waals surface area (Å²) >= 11 is 9.23. The van der Waals surface area contributed by atoms with Crippen molar-refractivity contribution < 1.29 is 9.84 Å². The fourth-order valence-corrected chi connectivity index (χ4v) is 2.55. The number of rotatable bonds is 3. The quantitative estimate of drug-likeness (QED) is 0.842. The minimum absolute atomic E-state index is 0.119. The lowest BCUT2D eigenvalue weighted by Crippen LogP contribution is -1.85. The highest BCUT2D eigenvalue weighted by Gasteiger charge is 2.11. The van der Waals surface area contributed by atoms with Crippen molar-refractivity contribution >= 4 is 45.5 Å². The molecule has 0 saturated carbocycles. The van der Waals surface area contributed by atoms with Crippen LogP contribution in [0.1, 0.15) is 4.88 Å². The molecule has 1 N–H and O–H groups in total. The van der Waals surface area contributed by atoms with E-state index in [0.29, 0.717) is 15.2 Å². The smallest absolute Gasteiger partial charge is 0.280 e. The molecule has 1 aromatic carbocycles. The first-order valence-corrected chi connectivity index (χ1v) is 6.66. The normalized spacial score (nSPS) is 10.4. The second-order valence-electron chi connectivity index (χ2n) is 2.88. The van der Waals surface area contributed by atoms with Crippen LogP contribution in [0.15, 0.2) is 24.3 Å². The van der Waals surface area contributed by atoms with E-state index in [1.807, 2.05) is 24.3 Å². The molecule has 0 bridgehead atoms. The maximum Gasteiger partial charge on any atom is 0.280 e. The van der Waals surface area contributed by atoms with E-state index in [0.717, 1.165) is 9.32 Å². The van der Waals surface area contributed by atoms with Crippen LogP contribution in [-0.2, 0) is 6.61 Å². The van der Waals surface area contributed by atoms with Crippen LogP contribution in [0.3, 0.4) is 0 Å². The van der Waals surface area contributed by atoms with Crippen molar-refractivity contribution in [2.75, 3.05) is 0 Å². The van der Waals surface area contributed by atoms with Crippen LogP contribution < -0.4 is 4.74 Å². The van der Waals surface area contributed by atoms with E-state index in [2.05, 4.69) is 27.6 Å². The third kappa shape index (κ3) is 2.65. The molecule has 0 amide bonds. The van der Waals surface area contributed by atoms with Gasteiger partial charge in [-0.1, -0.05) is 35.1 Å². The number of para-hydroxylation sites is 1. The van der Waals surface area contributed by atoms with Gasteiger partial charge in [-0.05, 0) is 34.7 Å². The zero-order valence-corrected chi connectivity index (χ0v) is 11.7. The molecule has 6 heteroatoms. The maximum absolute atomic E-state index is 8.98. The topological polar surface area (TPSA) is 42.4 Å². The zero-order valence-electron chi connectivity index (χ0n) is 7.98. The first kappa shape index (κ1) is 12.1. The number of hydrogen-bond acceptors (Lipinski definition) is 4. The fourth-order valence-electron chi connectivity index (χ4n) is 1.08. The number of nitrogens with zero attached hydrogens (tertiary/aromatic N) is 1. The molecule has 0 atom stereocenters. The number of benzene rings is 1. The highest BCUT2D eigenvalue weighted by Crippen LogP contribution is 2.33. The first-order valence-electron chi connectivity index (χ1n) is 4.39. The molecule has 0 radical (unpaired) electrons. The molecule has 1 aromatic heterocycles. The van der Waals surface area contributed by atoms with E-state index < -0.39 is 0 Å². The van der Waals surface area contributed by atoms with Crippen LogP contribution in [0.2, 0.25) is 5.15 Å². The van der Waals surface area contributed by atoms with Gasteiger partial charge in [0.05, 0.1) is 15.1 Å². The van der Waals surface area contributed by atoms with Crippen LogP contribution in [0.4, 0.5) is 0 Å². The molecule has 16 heavy (non-hydrogen) atoms. The lowest BCUT2D eigenvalue weighted by molar-refractivity contribution is 0.285. The molecular formula is C10H7ClINO2S. The summed E-state index contributed by atoms with van der Waals surface area (Å²) in [5, 5.41) is 9.72. The SMILES string of the molecule is OCc1sc(Oc2ccccc2I)nc1Cl. The van der Waals surface area contributed by atoms with Gasteiger partial charge in [-0.2, -0.15) is 4.98 Å². The third-order valence-corrected chi connectivity index (χ3v) is 4.04. The average Bonchev–Trinajstić information content (AvgIpc) is 2.62. The first-order chi connectivity index (χ1) is 7.70. The number of ether oxygens (including phenoxy) is 1. The highest BCUT2D eigenvalue weighted by atomic mass is 127. The van der Waals surface area contributed by atoms with Crippen LogP contribution in [-0.4, -0.2) is 10.1 Å². The van der Waals surface area contributed by atoms with Crippen LogP contribution >= 0.6 is 45.5 Å². The molecule has 2 aromatic rings. The van der Waals surface area contributed by atoms with Gasteiger partial charge >= 0.3 is 0 Å². The van der Waals surface area contributed by atoms with E-state index in [1.165, 1.54) is 11.3 Å². The van der Waals surface area contributed by atoms with E-state index in [9.17, 15) is 0 Å². The standard InChI is InChI=1S/C10H7ClINO2S/c11-9-8(5-14)16-10(13-9)15-7-4-2-1-3-6(7)12/h1-4,14H,5H2. The summed E-state index contributed by atoms with van der Waals surface area (Å²) in [6.45, 7) is -0.119. The summed E-state index contributed by atoms with van der Waals surface area (Å²) in [7, 11) is 0. The maximum atomic E-state index is 8.98. The van der Waals surface area contributed by atoms with Crippen molar-refractivity contribution in [1.82, 2.24) is 4.98 Å². The Hall–Kier alpha value is -0.370. The summed E-state index contributed by atoms with van der Waals surface area (Å²) in [4.78, 5) is 4.63. The molecule has 0 saturated heterocycles. The Bertz CT molecular complexity index is 503. The summed E-state index contributed by atoms with van der Waals surface area (Å²) < 4.78 is 6.57. The van der Waals surface area contributed by atoms with Gasteiger partial charge in [0.15, 0.2) is 0 Å². The molecule has 0 unspecified atom stereocenters. The predicted molar refractivity (Wildman–Crippen MR) is 72.3 cm³/mol. The lowest BCUT2D eigenvalue weighted by Gasteiger charge is -2.02. The van der Waals surface area contributed by atoms with Gasteiger partial charge in [-0.15, -0.1) is 0 Å². The van der Waals surface area contributed by atoms with Gasteiger partial charge in [-0.3, -0.25) is 0 Å². The summed E-state index contributed by atoms with van der Waals surface area (Å²) in [6, 6.07) is 7.62. The number of aliphatic hydroxyl groups is 1. The third-order valence-electron chi connectivity index (χ3n) is 1.81. The fraction of sp³-hybridized carbons (Fsp3) is 0.100. The van der Waals surface area contributed by atoms with Crippen molar-refractivity contribution in [3.63, 3.8) is 0 Å². The van der Waals surface area contributed by atoms with Gasteiger partial charge in [0.25, 0.3) is 5.19 Å². The Morgan fingerprint density at radius 1 is 1.44 bits per heavy atom. The van der Waals surface area contributed by atoms with Crippen molar-refractivity contribution in [2.24, 2.45) is 0 Å². The monoisotopic (exact) mass is 367 g/mol. The summed E-state index contributed by atoms with van der Waals surface area (Å²) in [5.74, 6) is 0.734. The van der Waals surface area contributed by atoms with E-state index >= 15 is 0 Å². The van der Waals surface area contributed by atoms with E-state index in [4.69, 9.17) is 21.4 Å². The van der Waals surface area contributed by atoms with Crippen LogP contribution in [0, 0.1) is 3.57 Å². The van der Waals surface area contributed by atoms with Crippen LogP contribution in [0.5, 0.6) is 10.9 Å². The number of halogens is 2. The minimum Gasteiger partial charge on any atom is -0.430 e. The highest BCUT2D eigenvalue weighted by molar-refractivity contribution is 14.1. The average molecular weight is 368 g/mol. The second kappa shape index (κ2) is 5.31. The van der Waals surface area contributed by atoms with E-state index in [-0.39, 0.29) is 6.61 Å².